The van der Waals surface area contributed by atoms with Gasteiger partial charge in [-0.15, -0.1) is 0 Å². The maximum Gasteiger partial charge on any atom is 0.417 e. The number of nitrogens with one attached hydrogen (secondary N) is 1. The molecular formula is C45H47F3N6O11S2. The third kappa shape index (κ3) is 11.2. The second-order valence-corrected chi connectivity index (χ2v) is 18.7. The molecule has 0 bridgehead atoms. The van der Waals surface area contributed by atoms with Crippen LogP contribution >= 0.6 is 0 Å². The number of ether oxygens (including phenoxy) is 2. The smallest absolute Gasteiger partial charge is 0.417 e. The molecule has 67 heavy (non-hydrogen) atoms. The van der Waals surface area contributed by atoms with Gasteiger partial charge < -0.3 is 19.3 Å². The molecule has 1 fully saturated rings. The Bertz CT molecular complexity index is 2870. The molecule has 6 rings (SSSR count). The van der Waals surface area contributed by atoms with Crippen molar-refractivity contribution in [1.82, 2.24) is 13.9 Å². The lowest BCUT2D eigenvalue weighted by molar-refractivity contribution is -0.388. The van der Waals surface area contributed by atoms with Gasteiger partial charge in [-0.1, -0.05) is 55.5 Å². The number of hydrogen-bond donors (Lipinski definition) is 1. The van der Waals surface area contributed by atoms with Crippen LogP contribution in [0.1, 0.15) is 48.7 Å². The first-order valence-corrected chi connectivity index (χ1v) is 24.0. The van der Waals surface area contributed by atoms with Crippen LogP contribution in [0.15, 0.2) is 119 Å². The van der Waals surface area contributed by atoms with Crippen molar-refractivity contribution in [2.75, 3.05) is 50.8 Å². The predicted octanol–water partition coefficient (Wildman–Crippen LogP) is 7.90. The monoisotopic (exact) mass is 968 g/mol. The molecule has 0 saturated carbocycles. The first-order chi connectivity index (χ1) is 31.8. The first-order valence-electron chi connectivity index (χ1n) is 21.0. The molecule has 0 aliphatic carbocycles. The second kappa shape index (κ2) is 20.9. The number of anilines is 1. The number of nitro benzene ring substituents is 2. The SMILES string of the molecule is CCOc1ccc(C(=O)N2CCN(c3ccc(-c4ccccc4OCC)cc3CN(CCNS(=O)(=O)c3ccccc3[N+](=O)[O-])S(=O)(=O)c3ccccc3[N+](=O)[O-])C(CC)C2)c(C(F)(F)F)c1. The maximum absolute atomic E-state index is 14.7. The zero-order valence-corrected chi connectivity index (χ0v) is 38.1. The van der Waals surface area contributed by atoms with E-state index >= 15 is 0 Å². The van der Waals surface area contributed by atoms with Crippen LogP contribution < -0.4 is 19.1 Å². The summed E-state index contributed by atoms with van der Waals surface area (Å²) in [6.45, 7) is 3.90. The molecule has 17 nitrogen and oxygen atoms in total. The number of para-hydroxylation sites is 3. The standard InChI is InChI=1S/C45H47F3N6O11S2/c1-4-33-30-50(44(55)36-21-20-34(64-5-2)28-37(36)45(46,47)48)25-26-52(33)38-22-19-31(35-13-7-10-16-41(35)65-6-3)27-32(38)29-51(67(62,63)43-18-12-9-15-40(43)54(58)59)24-23-49-66(60,61)42-17-11-8-14-39(42)53(56)57/h7-22,27-28,33,49H,4-6,23-26,29-30H2,1-3H3. The van der Waals surface area contributed by atoms with Crippen molar-refractivity contribution in [1.29, 1.82) is 0 Å². The van der Waals surface area contributed by atoms with E-state index in [1.165, 1.54) is 35.2 Å². The number of nitrogens with zero attached hydrogens (tertiary/aromatic N) is 5. The molecule has 5 aromatic rings. The van der Waals surface area contributed by atoms with Crippen LogP contribution in [0, 0.1) is 20.2 Å². The minimum atomic E-state index is -4.87. The van der Waals surface area contributed by atoms with Crippen molar-refractivity contribution in [3.63, 3.8) is 0 Å². The van der Waals surface area contributed by atoms with Gasteiger partial charge >= 0.3 is 6.18 Å². The summed E-state index contributed by atoms with van der Waals surface area (Å²) in [5.41, 5.74) is -1.19. The zero-order valence-electron chi connectivity index (χ0n) is 36.5. The van der Waals surface area contributed by atoms with Gasteiger partial charge in [-0.25, -0.2) is 21.6 Å². The van der Waals surface area contributed by atoms with E-state index in [4.69, 9.17) is 9.47 Å². The second-order valence-electron chi connectivity index (χ2n) is 15.1. The van der Waals surface area contributed by atoms with Gasteiger partial charge in [0.15, 0.2) is 9.79 Å². The molecule has 1 saturated heterocycles. The van der Waals surface area contributed by atoms with Crippen LogP contribution in [-0.4, -0.2) is 93.8 Å². The Kier molecular flexibility index (Phi) is 15.5. The fraction of sp³-hybridized carbons (Fsp3) is 0.311. The average Bonchev–Trinajstić information content (AvgIpc) is 3.30. The Morgan fingerprint density at radius 2 is 1.43 bits per heavy atom. The fourth-order valence-electron chi connectivity index (χ4n) is 7.88. The molecule has 1 heterocycles. The molecule has 1 aliphatic rings. The fourth-order valence-corrected chi connectivity index (χ4v) is 10.6. The van der Waals surface area contributed by atoms with E-state index in [0.29, 0.717) is 41.2 Å². The number of sulfonamides is 2. The van der Waals surface area contributed by atoms with Gasteiger partial charge in [0.25, 0.3) is 17.3 Å². The van der Waals surface area contributed by atoms with Crippen molar-refractivity contribution < 1.29 is 54.1 Å². The number of nitro groups is 2. The van der Waals surface area contributed by atoms with Crippen molar-refractivity contribution in [3.05, 3.63) is 146 Å². The van der Waals surface area contributed by atoms with Crippen LogP contribution in [0.3, 0.4) is 0 Å². The van der Waals surface area contributed by atoms with E-state index in [9.17, 15) is 55.0 Å². The molecular weight excluding hydrogens is 922 g/mol. The molecule has 0 spiro atoms. The summed E-state index contributed by atoms with van der Waals surface area (Å²) >= 11 is 0. The van der Waals surface area contributed by atoms with E-state index in [1.807, 2.05) is 11.8 Å². The Labute approximate surface area is 385 Å². The number of piperazine rings is 1. The number of carbonyl (C=O) groups is 1. The number of hydrogen-bond acceptors (Lipinski definition) is 12. The molecule has 1 atom stereocenters. The maximum atomic E-state index is 14.7. The Balaban J connectivity index is 1.43. The summed E-state index contributed by atoms with van der Waals surface area (Å²) in [4.78, 5) is 38.0. The Hall–Kier alpha value is -6.62. The lowest BCUT2D eigenvalue weighted by atomic mass is 9.98. The number of benzene rings is 5. The third-order valence-corrected chi connectivity index (χ3v) is 14.4. The topological polar surface area (TPSA) is 212 Å². The highest BCUT2D eigenvalue weighted by Gasteiger charge is 2.39. The van der Waals surface area contributed by atoms with E-state index in [-0.39, 0.29) is 32.0 Å². The van der Waals surface area contributed by atoms with Gasteiger partial charge in [-0.2, -0.15) is 17.5 Å². The number of alkyl halides is 3. The summed E-state index contributed by atoms with van der Waals surface area (Å²) in [6, 6.07) is 24.2. The quantitative estimate of drug-likeness (QED) is 0.0618. The van der Waals surface area contributed by atoms with Crippen LogP contribution in [0.4, 0.5) is 30.2 Å². The van der Waals surface area contributed by atoms with Crippen LogP contribution in [-0.2, 0) is 32.8 Å². The Morgan fingerprint density at radius 3 is 2.07 bits per heavy atom. The number of rotatable bonds is 19. The van der Waals surface area contributed by atoms with Gasteiger partial charge in [0.05, 0.1) is 34.2 Å². The average molecular weight is 969 g/mol. The number of carbonyl (C=O) groups excluding carboxylic acids is 1. The molecule has 1 unspecified atom stereocenters. The predicted molar refractivity (Wildman–Crippen MR) is 242 cm³/mol. The molecule has 1 N–H and O–H groups in total. The van der Waals surface area contributed by atoms with Crippen molar-refractivity contribution >= 4 is 43.0 Å². The van der Waals surface area contributed by atoms with Crippen molar-refractivity contribution in [2.24, 2.45) is 0 Å². The van der Waals surface area contributed by atoms with Gasteiger partial charge in [-0.3, -0.25) is 25.0 Å². The van der Waals surface area contributed by atoms with E-state index in [0.717, 1.165) is 40.7 Å². The Morgan fingerprint density at radius 1 is 0.806 bits per heavy atom. The normalized spacial score (nSPS) is 14.5. The molecule has 5 aromatic carbocycles. The van der Waals surface area contributed by atoms with Crippen LogP contribution in [0.5, 0.6) is 11.5 Å². The number of halogens is 3. The van der Waals surface area contributed by atoms with E-state index in [1.54, 1.807) is 56.3 Å². The summed E-state index contributed by atoms with van der Waals surface area (Å²) in [5.74, 6) is -0.386. The van der Waals surface area contributed by atoms with Gasteiger partial charge in [-0.05, 0) is 79.9 Å². The lowest BCUT2D eigenvalue weighted by Gasteiger charge is -2.43. The molecule has 1 aliphatic heterocycles. The lowest BCUT2D eigenvalue weighted by Crippen LogP contribution is -2.55. The minimum absolute atomic E-state index is 0.0279. The van der Waals surface area contributed by atoms with Crippen LogP contribution in [0.25, 0.3) is 11.1 Å². The minimum Gasteiger partial charge on any atom is -0.494 e. The highest BCUT2D eigenvalue weighted by Crippen LogP contribution is 2.39. The van der Waals surface area contributed by atoms with E-state index < -0.39 is 99.9 Å². The highest BCUT2D eigenvalue weighted by molar-refractivity contribution is 7.90. The molecule has 1 amide bonds. The summed E-state index contributed by atoms with van der Waals surface area (Å²) < 4.78 is 114. The molecule has 356 valence electrons. The number of amides is 1. The van der Waals surface area contributed by atoms with Gasteiger partial charge in [0.1, 0.15) is 11.5 Å². The van der Waals surface area contributed by atoms with Crippen molar-refractivity contribution in [2.45, 2.75) is 55.7 Å². The zero-order chi connectivity index (χ0) is 48.7. The van der Waals surface area contributed by atoms with Gasteiger partial charge in [0, 0.05) is 68.7 Å². The highest BCUT2D eigenvalue weighted by atomic mass is 32.2. The summed E-state index contributed by atoms with van der Waals surface area (Å²) in [7, 11) is -9.48. The van der Waals surface area contributed by atoms with E-state index in [2.05, 4.69) is 4.72 Å². The third-order valence-electron chi connectivity index (χ3n) is 11.0. The van der Waals surface area contributed by atoms with Gasteiger partial charge in [0.2, 0.25) is 20.0 Å². The molecule has 0 radical (unpaired) electrons. The first kappa shape index (κ1) is 49.8. The summed E-state index contributed by atoms with van der Waals surface area (Å²) in [5, 5.41) is 23.9. The summed E-state index contributed by atoms with van der Waals surface area (Å²) in [6.07, 6.45) is -4.49. The van der Waals surface area contributed by atoms with Crippen molar-refractivity contribution in [3.8, 4) is 22.6 Å². The van der Waals surface area contributed by atoms with Crippen LogP contribution in [0.2, 0.25) is 0 Å². The largest absolute Gasteiger partial charge is 0.494 e. The molecule has 0 aromatic heterocycles. The molecule has 22 heteroatoms.